The minimum atomic E-state index is -0.564. The predicted octanol–water partition coefficient (Wildman–Crippen LogP) is 5.89. The van der Waals surface area contributed by atoms with Crippen molar-refractivity contribution in [2.45, 2.75) is 57.2 Å². The Morgan fingerprint density at radius 2 is 1.70 bits per heavy atom. The third-order valence-corrected chi connectivity index (χ3v) is 9.18. The standard InChI is InChI=1S/C37H44N2O7/c1-3-18-42-36(41)38-23-28-6-4-7-30(21-28)31-8-5-9-32(22-31)35-45-33(24-39-16-14-37(15-17-39)43-19-20-44-37)26(2)34(46-35)29-12-10-27(25-40)11-13-29/h3-13,21-22,26,33-35,40H,1,14-20,23-25H2,2H3,(H,38,41)/t26-,33+,34+,35+/m0/s1. The number of alkyl carbamates (subject to hydrolysis) is 1. The Balaban J connectivity index is 1.20. The summed E-state index contributed by atoms with van der Waals surface area (Å²) >= 11 is 0. The number of rotatable bonds is 10. The van der Waals surface area contributed by atoms with Crippen molar-refractivity contribution in [3.8, 4) is 11.1 Å². The van der Waals surface area contributed by atoms with Crippen LogP contribution in [0.25, 0.3) is 11.1 Å². The molecule has 9 nitrogen and oxygen atoms in total. The maximum atomic E-state index is 11.9. The Morgan fingerprint density at radius 3 is 2.41 bits per heavy atom. The van der Waals surface area contributed by atoms with Crippen molar-refractivity contribution in [1.29, 1.82) is 0 Å². The SMILES string of the molecule is C=CCOC(=O)NCc1cccc(-c2cccc([C@@H]3O[C@H](CN4CCC5(CC4)OCCO5)[C@H](C)[C@H](c4ccc(CO)cc4)O3)c2)c1. The van der Waals surface area contributed by atoms with E-state index in [0.717, 1.165) is 65.9 Å². The zero-order valence-electron chi connectivity index (χ0n) is 26.4. The number of amides is 1. The second-order valence-electron chi connectivity index (χ2n) is 12.3. The van der Waals surface area contributed by atoms with E-state index in [9.17, 15) is 9.90 Å². The Morgan fingerprint density at radius 1 is 0.978 bits per heavy atom. The first-order valence-electron chi connectivity index (χ1n) is 16.2. The highest BCUT2D eigenvalue weighted by Crippen LogP contribution is 2.43. The van der Waals surface area contributed by atoms with Crippen molar-refractivity contribution >= 4 is 6.09 Å². The van der Waals surface area contributed by atoms with E-state index in [2.05, 4.69) is 60.1 Å². The molecule has 1 amide bonds. The summed E-state index contributed by atoms with van der Waals surface area (Å²) in [5.41, 5.74) is 5.88. The van der Waals surface area contributed by atoms with Crippen LogP contribution in [0.2, 0.25) is 0 Å². The second kappa shape index (κ2) is 14.9. The van der Waals surface area contributed by atoms with Crippen molar-refractivity contribution in [2.75, 3.05) is 39.5 Å². The number of aliphatic hydroxyl groups excluding tert-OH is 1. The van der Waals surface area contributed by atoms with Crippen molar-refractivity contribution < 1.29 is 33.6 Å². The molecule has 3 aromatic carbocycles. The zero-order valence-corrected chi connectivity index (χ0v) is 26.4. The Hall–Kier alpha value is -3.57. The molecule has 0 aliphatic carbocycles. The number of hydrogen-bond donors (Lipinski definition) is 2. The van der Waals surface area contributed by atoms with Crippen molar-refractivity contribution in [2.24, 2.45) is 5.92 Å². The molecule has 3 heterocycles. The molecule has 3 saturated heterocycles. The smallest absolute Gasteiger partial charge is 0.407 e. The molecule has 3 fully saturated rings. The van der Waals surface area contributed by atoms with Crippen molar-refractivity contribution in [1.82, 2.24) is 10.2 Å². The van der Waals surface area contributed by atoms with Gasteiger partial charge in [-0.15, -0.1) is 0 Å². The maximum absolute atomic E-state index is 11.9. The van der Waals surface area contributed by atoms with E-state index in [0.29, 0.717) is 19.8 Å². The molecule has 3 aliphatic rings. The fourth-order valence-electron chi connectivity index (χ4n) is 6.53. The van der Waals surface area contributed by atoms with Gasteiger partial charge in [-0.3, -0.25) is 0 Å². The molecule has 0 aromatic heterocycles. The largest absolute Gasteiger partial charge is 0.445 e. The molecule has 9 heteroatoms. The van der Waals surface area contributed by atoms with Crippen LogP contribution in [0.3, 0.4) is 0 Å². The maximum Gasteiger partial charge on any atom is 0.407 e. The van der Waals surface area contributed by atoms with Crippen LogP contribution in [-0.4, -0.2) is 67.4 Å². The molecule has 46 heavy (non-hydrogen) atoms. The Kier molecular flexibility index (Phi) is 10.5. The molecule has 0 radical (unpaired) electrons. The van der Waals surface area contributed by atoms with E-state index in [1.54, 1.807) is 0 Å². The van der Waals surface area contributed by atoms with Gasteiger partial charge in [0.15, 0.2) is 12.1 Å². The topological polar surface area (TPSA) is 98.7 Å². The summed E-state index contributed by atoms with van der Waals surface area (Å²) in [5.74, 6) is -0.322. The number of carbonyl (C=O) groups is 1. The lowest BCUT2D eigenvalue weighted by molar-refractivity contribution is -0.278. The Bertz CT molecular complexity index is 1460. The van der Waals surface area contributed by atoms with Crippen LogP contribution in [0.1, 0.15) is 54.4 Å². The summed E-state index contributed by atoms with van der Waals surface area (Å²) in [6, 6.07) is 24.3. The van der Waals surface area contributed by atoms with Gasteiger partial charge < -0.3 is 39.0 Å². The minimum Gasteiger partial charge on any atom is -0.445 e. The highest BCUT2D eigenvalue weighted by Gasteiger charge is 2.43. The van der Waals surface area contributed by atoms with Gasteiger partial charge in [0, 0.05) is 50.5 Å². The third kappa shape index (κ3) is 7.69. The van der Waals surface area contributed by atoms with Gasteiger partial charge in [0.25, 0.3) is 0 Å². The summed E-state index contributed by atoms with van der Waals surface area (Å²) in [7, 11) is 0. The highest BCUT2D eigenvalue weighted by atomic mass is 16.7. The van der Waals surface area contributed by atoms with Gasteiger partial charge >= 0.3 is 6.09 Å². The van der Waals surface area contributed by atoms with Gasteiger partial charge in [0.1, 0.15) is 6.61 Å². The lowest BCUT2D eigenvalue weighted by Crippen LogP contribution is -2.50. The summed E-state index contributed by atoms with van der Waals surface area (Å²) in [5, 5.41) is 12.4. The second-order valence-corrected chi connectivity index (χ2v) is 12.3. The summed E-state index contributed by atoms with van der Waals surface area (Å²) in [4.78, 5) is 14.4. The number of piperidine rings is 1. The van der Waals surface area contributed by atoms with Crippen LogP contribution in [0.5, 0.6) is 0 Å². The van der Waals surface area contributed by atoms with Gasteiger partial charge in [-0.2, -0.15) is 0 Å². The number of benzene rings is 3. The van der Waals surface area contributed by atoms with Crippen LogP contribution in [-0.2, 0) is 36.8 Å². The summed E-state index contributed by atoms with van der Waals surface area (Å²) < 4.78 is 30.5. The molecule has 244 valence electrons. The number of hydrogen-bond acceptors (Lipinski definition) is 8. The van der Waals surface area contributed by atoms with Crippen molar-refractivity contribution in [3.05, 3.63) is 108 Å². The normalized spacial score (nSPS) is 24.5. The predicted molar refractivity (Wildman–Crippen MR) is 174 cm³/mol. The van der Waals surface area contributed by atoms with E-state index in [1.165, 1.54) is 6.08 Å². The third-order valence-electron chi connectivity index (χ3n) is 9.18. The first-order chi connectivity index (χ1) is 22.4. The van der Waals surface area contributed by atoms with Crippen LogP contribution >= 0.6 is 0 Å². The minimum absolute atomic E-state index is 0.00303. The Labute approximate surface area is 271 Å². The molecule has 0 bridgehead atoms. The van der Waals surface area contributed by atoms with Gasteiger partial charge in [0.05, 0.1) is 32.0 Å². The molecular weight excluding hydrogens is 584 g/mol. The van der Waals surface area contributed by atoms with Gasteiger partial charge in [0.2, 0.25) is 0 Å². The molecule has 6 rings (SSSR count). The molecule has 4 atom stereocenters. The number of ether oxygens (including phenoxy) is 5. The van der Waals surface area contributed by atoms with E-state index in [1.807, 2.05) is 36.4 Å². The fraction of sp³-hybridized carbons (Fsp3) is 0.432. The van der Waals surface area contributed by atoms with Crippen LogP contribution in [0, 0.1) is 5.92 Å². The molecule has 3 aromatic rings. The molecule has 1 spiro atoms. The van der Waals surface area contributed by atoms with Gasteiger partial charge in [-0.05, 0) is 39.9 Å². The van der Waals surface area contributed by atoms with Crippen LogP contribution < -0.4 is 5.32 Å². The van der Waals surface area contributed by atoms with Crippen molar-refractivity contribution in [3.63, 3.8) is 0 Å². The van der Waals surface area contributed by atoms with E-state index in [-0.39, 0.29) is 31.3 Å². The quantitative estimate of drug-likeness (QED) is 0.269. The number of aliphatic hydroxyl groups is 1. The summed E-state index contributed by atoms with van der Waals surface area (Å²) in [6.07, 6.45) is 1.94. The van der Waals surface area contributed by atoms with Crippen LogP contribution in [0.4, 0.5) is 4.79 Å². The van der Waals surface area contributed by atoms with E-state index in [4.69, 9.17) is 23.7 Å². The highest BCUT2D eigenvalue weighted by molar-refractivity contribution is 5.68. The molecular formula is C37H44N2O7. The fourth-order valence-corrected chi connectivity index (χ4v) is 6.53. The number of nitrogens with one attached hydrogen (secondary N) is 1. The number of nitrogens with zero attached hydrogens (tertiary/aromatic N) is 1. The lowest BCUT2D eigenvalue weighted by atomic mass is 9.89. The van der Waals surface area contributed by atoms with E-state index >= 15 is 0 Å². The molecule has 0 saturated carbocycles. The average molecular weight is 629 g/mol. The first kappa shape index (κ1) is 32.4. The molecule has 3 aliphatic heterocycles. The summed E-state index contributed by atoms with van der Waals surface area (Å²) in [6.45, 7) is 10.2. The molecule has 0 unspecified atom stereocenters. The van der Waals surface area contributed by atoms with Gasteiger partial charge in [-0.25, -0.2) is 4.79 Å². The van der Waals surface area contributed by atoms with Crippen LogP contribution in [0.15, 0.2) is 85.5 Å². The molecule has 2 N–H and O–H groups in total. The average Bonchev–Trinajstić information content (AvgIpc) is 3.56. The van der Waals surface area contributed by atoms with E-state index < -0.39 is 18.2 Å². The zero-order chi connectivity index (χ0) is 31.9. The number of likely N-dealkylation sites (tertiary alicyclic amines) is 1. The first-order valence-corrected chi connectivity index (χ1v) is 16.2. The van der Waals surface area contributed by atoms with Gasteiger partial charge in [-0.1, -0.05) is 80.2 Å². The lowest BCUT2D eigenvalue weighted by Gasteiger charge is -2.44. The monoisotopic (exact) mass is 628 g/mol. The number of carbonyl (C=O) groups excluding carboxylic acids is 1.